The largest absolute Gasteiger partial charge is 0.376 e. The number of aromatic nitrogens is 4. The number of pyridine rings is 1. The topological polar surface area (TPSA) is 120 Å². The number of nitrogens with zero attached hydrogens (tertiary/aromatic N) is 4. The third kappa shape index (κ3) is 5.35. The number of aryl methyl sites for hydroxylation is 1. The molecule has 2 aromatic heterocycles. The van der Waals surface area contributed by atoms with Crippen LogP contribution in [0.5, 0.6) is 0 Å². The lowest BCUT2D eigenvalue weighted by Crippen LogP contribution is -2.48. The van der Waals surface area contributed by atoms with E-state index in [1.54, 1.807) is 6.07 Å². The molecule has 1 atom stereocenters. The summed E-state index contributed by atoms with van der Waals surface area (Å²) in [4.78, 5) is 4.23. The number of rotatable bonds is 8. The van der Waals surface area contributed by atoms with Gasteiger partial charge < -0.3 is 19.4 Å². The van der Waals surface area contributed by atoms with Crippen molar-refractivity contribution in [3.05, 3.63) is 28.8 Å². The van der Waals surface area contributed by atoms with Gasteiger partial charge in [0.25, 0.3) is 10.0 Å². The minimum absolute atomic E-state index is 0.0381. The van der Waals surface area contributed by atoms with Crippen molar-refractivity contribution in [2.75, 3.05) is 25.1 Å². The predicted octanol–water partition coefficient (Wildman–Crippen LogP) is 2.05. The highest BCUT2D eigenvalue weighted by Crippen LogP contribution is 2.36. The van der Waals surface area contributed by atoms with E-state index in [-0.39, 0.29) is 16.6 Å². The van der Waals surface area contributed by atoms with Crippen LogP contribution in [0, 0.1) is 6.92 Å². The molecule has 12 heteroatoms. The zero-order chi connectivity index (χ0) is 22.2. The van der Waals surface area contributed by atoms with Crippen LogP contribution >= 0.6 is 11.6 Å². The second-order valence-corrected chi connectivity index (χ2v) is 10.6. The molecule has 0 radical (unpaired) electrons. The molecule has 1 aliphatic carbocycles. The molecular formula is C19H27ClN6O4S. The molecule has 170 valence electrons. The summed E-state index contributed by atoms with van der Waals surface area (Å²) in [7, 11) is -3.94. The summed E-state index contributed by atoms with van der Waals surface area (Å²) >= 11 is 6.15. The Balaban J connectivity index is 1.43. The minimum Gasteiger partial charge on any atom is -0.376 e. The number of sulfonamides is 1. The number of halogens is 1. The fourth-order valence-electron chi connectivity index (χ4n) is 3.55. The van der Waals surface area contributed by atoms with Gasteiger partial charge in [-0.05, 0) is 45.7 Å². The maximum Gasteiger partial charge on any atom is 0.259 e. The molecule has 2 N–H and O–H groups in total. The zero-order valence-corrected chi connectivity index (χ0v) is 19.3. The molecule has 10 nitrogen and oxygen atoms in total. The highest BCUT2D eigenvalue weighted by atomic mass is 35.5. The van der Waals surface area contributed by atoms with E-state index >= 15 is 0 Å². The lowest BCUT2D eigenvalue weighted by Gasteiger charge is -2.35. The summed E-state index contributed by atoms with van der Waals surface area (Å²) in [5.74, 6) is 2.04. The van der Waals surface area contributed by atoms with E-state index in [9.17, 15) is 8.42 Å². The molecule has 0 amide bonds. The van der Waals surface area contributed by atoms with Gasteiger partial charge in [-0.3, -0.25) is 0 Å². The van der Waals surface area contributed by atoms with Gasteiger partial charge in [0.2, 0.25) is 0 Å². The smallest absolute Gasteiger partial charge is 0.259 e. The fourth-order valence-corrected chi connectivity index (χ4v) is 5.04. The highest BCUT2D eigenvalue weighted by Gasteiger charge is 2.31. The van der Waals surface area contributed by atoms with Gasteiger partial charge in [-0.25, -0.2) is 18.1 Å². The van der Waals surface area contributed by atoms with Gasteiger partial charge in [-0.15, -0.1) is 10.2 Å². The zero-order valence-electron chi connectivity index (χ0n) is 17.8. The van der Waals surface area contributed by atoms with Crippen molar-refractivity contribution in [3.63, 3.8) is 0 Å². The van der Waals surface area contributed by atoms with Crippen LogP contribution in [0.2, 0.25) is 5.02 Å². The Morgan fingerprint density at radius 3 is 2.77 bits per heavy atom. The lowest BCUT2D eigenvalue weighted by molar-refractivity contribution is -0.179. The number of hydrogen-bond acceptors (Lipinski definition) is 8. The van der Waals surface area contributed by atoms with Crippen molar-refractivity contribution in [2.45, 2.75) is 62.9 Å². The van der Waals surface area contributed by atoms with Crippen LogP contribution < -0.4 is 10.0 Å². The van der Waals surface area contributed by atoms with Gasteiger partial charge in [0.05, 0.1) is 36.5 Å². The Hall–Kier alpha value is -1.79. The lowest BCUT2D eigenvalue weighted by atomic mass is 10.1. The first-order valence-electron chi connectivity index (χ1n) is 10.2. The Labute approximate surface area is 186 Å². The highest BCUT2D eigenvalue weighted by molar-refractivity contribution is 7.89. The van der Waals surface area contributed by atoms with Gasteiger partial charge in [0.15, 0.2) is 10.9 Å². The molecule has 0 spiro atoms. The molecule has 0 aromatic carbocycles. The molecule has 1 aliphatic heterocycles. The second kappa shape index (κ2) is 8.62. The van der Waals surface area contributed by atoms with Crippen molar-refractivity contribution in [1.29, 1.82) is 0 Å². The molecule has 1 saturated heterocycles. The minimum atomic E-state index is -3.94. The molecule has 2 aliphatic rings. The average Bonchev–Trinajstić information content (AvgIpc) is 3.47. The normalized spacial score (nSPS) is 21.2. The van der Waals surface area contributed by atoms with Gasteiger partial charge in [-0.1, -0.05) is 11.6 Å². The molecule has 1 unspecified atom stereocenters. The van der Waals surface area contributed by atoms with Crippen LogP contribution in [0.4, 0.5) is 5.82 Å². The maximum atomic E-state index is 12.8. The molecule has 31 heavy (non-hydrogen) atoms. The van der Waals surface area contributed by atoms with Crippen LogP contribution in [-0.4, -0.2) is 59.6 Å². The van der Waals surface area contributed by atoms with E-state index in [1.807, 2.05) is 20.8 Å². The van der Waals surface area contributed by atoms with Crippen LogP contribution in [0.25, 0.3) is 0 Å². The first-order valence-corrected chi connectivity index (χ1v) is 12.1. The summed E-state index contributed by atoms with van der Waals surface area (Å²) in [6.45, 7) is 6.93. The SMILES string of the molecule is Cc1nnc(CNc2ccc(Cl)c(S(=O)(=O)NCC3COCC(C)(C)O3)n2)n1C1CC1. The van der Waals surface area contributed by atoms with Crippen LogP contribution in [0.15, 0.2) is 17.2 Å². The van der Waals surface area contributed by atoms with Crippen molar-refractivity contribution in [2.24, 2.45) is 0 Å². The van der Waals surface area contributed by atoms with E-state index in [1.165, 1.54) is 6.07 Å². The van der Waals surface area contributed by atoms with Crippen LogP contribution in [-0.2, 0) is 26.0 Å². The number of hydrogen-bond donors (Lipinski definition) is 2. The number of nitrogens with one attached hydrogen (secondary N) is 2. The molecule has 3 heterocycles. The van der Waals surface area contributed by atoms with E-state index in [0.29, 0.717) is 31.6 Å². The standard InChI is InChI=1S/C19H27ClN6O4S/c1-12-24-25-17(26(12)13-4-5-13)9-21-16-7-6-15(20)18(23-16)31(27,28)22-8-14-10-29-11-19(2,3)30-14/h6-7,13-14,22H,4-5,8-11H2,1-3H3,(H,21,23). The summed E-state index contributed by atoms with van der Waals surface area (Å²) in [5, 5.41) is 11.3. The van der Waals surface area contributed by atoms with Gasteiger partial charge in [0.1, 0.15) is 11.6 Å². The predicted molar refractivity (Wildman–Crippen MR) is 115 cm³/mol. The van der Waals surface area contributed by atoms with Crippen molar-refractivity contribution < 1.29 is 17.9 Å². The van der Waals surface area contributed by atoms with E-state index < -0.39 is 21.7 Å². The molecular weight excluding hydrogens is 444 g/mol. The molecule has 2 fully saturated rings. The maximum absolute atomic E-state index is 12.8. The summed E-state index contributed by atoms with van der Waals surface area (Å²) in [6.07, 6.45) is 1.84. The molecule has 2 aromatic rings. The second-order valence-electron chi connectivity index (χ2n) is 8.47. The first-order chi connectivity index (χ1) is 14.6. The third-order valence-corrected chi connectivity index (χ3v) is 6.87. The van der Waals surface area contributed by atoms with Gasteiger partial charge >= 0.3 is 0 Å². The molecule has 0 bridgehead atoms. The van der Waals surface area contributed by atoms with Crippen molar-refractivity contribution in [3.8, 4) is 0 Å². The van der Waals surface area contributed by atoms with E-state index in [4.69, 9.17) is 21.1 Å². The number of anilines is 1. The number of ether oxygens (including phenoxy) is 2. The van der Waals surface area contributed by atoms with Gasteiger partial charge in [-0.2, -0.15) is 0 Å². The molecule has 1 saturated carbocycles. The summed E-state index contributed by atoms with van der Waals surface area (Å²) in [5.41, 5.74) is -0.465. The third-order valence-electron chi connectivity index (χ3n) is 5.09. The Kier molecular flexibility index (Phi) is 6.23. The average molecular weight is 471 g/mol. The van der Waals surface area contributed by atoms with Gasteiger partial charge in [0, 0.05) is 12.6 Å². The van der Waals surface area contributed by atoms with Crippen LogP contribution in [0.3, 0.4) is 0 Å². The fraction of sp³-hybridized carbons (Fsp3) is 0.632. The summed E-state index contributed by atoms with van der Waals surface area (Å²) in [6, 6.07) is 3.58. The van der Waals surface area contributed by atoms with Crippen molar-refractivity contribution in [1.82, 2.24) is 24.5 Å². The van der Waals surface area contributed by atoms with E-state index in [2.05, 4.69) is 29.8 Å². The van der Waals surface area contributed by atoms with Crippen LogP contribution in [0.1, 0.15) is 44.4 Å². The van der Waals surface area contributed by atoms with E-state index in [0.717, 1.165) is 24.5 Å². The Morgan fingerprint density at radius 1 is 1.29 bits per heavy atom. The first kappa shape index (κ1) is 22.4. The monoisotopic (exact) mass is 470 g/mol. The quantitative estimate of drug-likeness (QED) is 0.601. The van der Waals surface area contributed by atoms with Crippen molar-refractivity contribution >= 4 is 27.4 Å². The molecule has 4 rings (SSSR count). The Bertz CT molecular complexity index is 1050. The Morgan fingerprint density at radius 2 is 2.06 bits per heavy atom. The summed E-state index contributed by atoms with van der Waals surface area (Å²) < 4.78 is 41.6.